The SMILES string of the molecule is CC(C)CC(=O)N1CCN(CC(=O)Nc2ccc3c(c2)OCCO3)CC1. The monoisotopic (exact) mass is 361 g/mol. The van der Waals surface area contributed by atoms with Crippen LogP contribution in [-0.4, -0.2) is 67.6 Å². The van der Waals surface area contributed by atoms with E-state index in [0.717, 1.165) is 13.1 Å². The molecule has 2 aliphatic rings. The predicted molar refractivity (Wildman–Crippen MR) is 98.5 cm³/mol. The lowest BCUT2D eigenvalue weighted by atomic mass is 10.1. The molecule has 1 saturated heterocycles. The second kappa shape index (κ2) is 8.40. The van der Waals surface area contributed by atoms with Crippen LogP contribution in [0.15, 0.2) is 18.2 Å². The van der Waals surface area contributed by atoms with Crippen LogP contribution < -0.4 is 14.8 Å². The minimum absolute atomic E-state index is 0.0661. The van der Waals surface area contributed by atoms with E-state index < -0.39 is 0 Å². The van der Waals surface area contributed by atoms with E-state index >= 15 is 0 Å². The number of carbonyl (C=O) groups is 2. The van der Waals surface area contributed by atoms with Crippen molar-refractivity contribution in [2.75, 3.05) is 51.3 Å². The molecule has 0 spiro atoms. The van der Waals surface area contributed by atoms with Gasteiger partial charge in [0, 0.05) is 44.4 Å². The molecule has 0 aromatic heterocycles. The Kier molecular flexibility index (Phi) is 5.98. The van der Waals surface area contributed by atoms with Gasteiger partial charge in [0.25, 0.3) is 0 Å². The summed E-state index contributed by atoms with van der Waals surface area (Å²) in [6, 6.07) is 5.41. The first kappa shape index (κ1) is 18.5. The average molecular weight is 361 g/mol. The first-order chi connectivity index (χ1) is 12.5. The zero-order chi connectivity index (χ0) is 18.5. The molecule has 3 rings (SSSR count). The molecule has 1 aromatic carbocycles. The largest absolute Gasteiger partial charge is 0.486 e. The molecule has 0 bridgehead atoms. The normalized spacial score (nSPS) is 17.3. The van der Waals surface area contributed by atoms with E-state index in [9.17, 15) is 9.59 Å². The molecule has 1 N–H and O–H groups in total. The maximum atomic E-state index is 12.3. The van der Waals surface area contributed by atoms with E-state index in [1.165, 1.54) is 0 Å². The van der Waals surface area contributed by atoms with Gasteiger partial charge in [0.15, 0.2) is 11.5 Å². The van der Waals surface area contributed by atoms with E-state index in [1.807, 2.05) is 17.0 Å². The summed E-state index contributed by atoms with van der Waals surface area (Å²) in [4.78, 5) is 28.4. The molecule has 0 radical (unpaired) electrons. The Bertz CT molecular complexity index is 654. The standard InChI is InChI=1S/C19H27N3O4/c1-14(2)11-19(24)22-7-5-21(6-8-22)13-18(23)20-15-3-4-16-17(12-15)26-10-9-25-16/h3-4,12,14H,5-11,13H2,1-2H3,(H,20,23). The Morgan fingerprint density at radius 3 is 2.46 bits per heavy atom. The van der Waals surface area contributed by atoms with Crippen molar-refractivity contribution in [1.29, 1.82) is 0 Å². The number of nitrogens with one attached hydrogen (secondary N) is 1. The number of anilines is 1. The van der Waals surface area contributed by atoms with Crippen LogP contribution in [0.3, 0.4) is 0 Å². The zero-order valence-corrected chi connectivity index (χ0v) is 15.5. The van der Waals surface area contributed by atoms with Gasteiger partial charge in [-0.05, 0) is 18.1 Å². The summed E-state index contributed by atoms with van der Waals surface area (Å²) in [5.41, 5.74) is 0.699. The van der Waals surface area contributed by atoms with Crippen molar-refractivity contribution in [3.8, 4) is 11.5 Å². The van der Waals surface area contributed by atoms with Crippen LogP contribution in [0.2, 0.25) is 0 Å². The van der Waals surface area contributed by atoms with Crippen molar-refractivity contribution in [2.45, 2.75) is 20.3 Å². The van der Waals surface area contributed by atoms with Gasteiger partial charge in [-0.25, -0.2) is 0 Å². The van der Waals surface area contributed by atoms with Crippen molar-refractivity contribution < 1.29 is 19.1 Å². The Morgan fingerprint density at radius 2 is 1.77 bits per heavy atom. The third-order valence-corrected chi connectivity index (χ3v) is 4.50. The highest BCUT2D eigenvalue weighted by atomic mass is 16.6. The van der Waals surface area contributed by atoms with E-state index in [0.29, 0.717) is 62.4 Å². The minimum atomic E-state index is -0.0661. The van der Waals surface area contributed by atoms with Gasteiger partial charge in [-0.1, -0.05) is 13.8 Å². The fraction of sp³-hybridized carbons (Fsp3) is 0.579. The number of hydrogen-bond donors (Lipinski definition) is 1. The fourth-order valence-electron chi connectivity index (χ4n) is 3.16. The first-order valence-electron chi connectivity index (χ1n) is 9.21. The molecular weight excluding hydrogens is 334 g/mol. The number of rotatable bonds is 5. The van der Waals surface area contributed by atoms with Crippen LogP contribution >= 0.6 is 0 Å². The third-order valence-electron chi connectivity index (χ3n) is 4.50. The van der Waals surface area contributed by atoms with E-state index in [-0.39, 0.29) is 11.8 Å². The van der Waals surface area contributed by atoms with Crippen LogP contribution in [0.1, 0.15) is 20.3 Å². The second-order valence-corrected chi connectivity index (χ2v) is 7.16. The lowest BCUT2D eigenvalue weighted by molar-refractivity contribution is -0.133. The molecule has 0 aliphatic carbocycles. The summed E-state index contributed by atoms with van der Waals surface area (Å²) in [5.74, 6) is 1.88. The smallest absolute Gasteiger partial charge is 0.238 e. The lowest BCUT2D eigenvalue weighted by Gasteiger charge is -2.34. The van der Waals surface area contributed by atoms with Crippen molar-refractivity contribution in [1.82, 2.24) is 9.80 Å². The molecule has 0 atom stereocenters. The highest BCUT2D eigenvalue weighted by Gasteiger charge is 2.23. The molecule has 2 heterocycles. The van der Waals surface area contributed by atoms with Gasteiger partial charge < -0.3 is 19.7 Å². The maximum absolute atomic E-state index is 12.3. The Morgan fingerprint density at radius 1 is 1.08 bits per heavy atom. The number of piperazine rings is 1. The Labute approximate surface area is 154 Å². The van der Waals surface area contributed by atoms with Gasteiger partial charge in [-0.3, -0.25) is 14.5 Å². The molecule has 26 heavy (non-hydrogen) atoms. The van der Waals surface area contributed by atoms with Crippen molar-refractivity contribution in [2.24, 2.45) is 5.92 Å². The average Bonchev–Trinajstić information content (AvgIpc) is 2.61. The summed E-state index contributed by atoms with van der Waals surface area (Å²) in [5, 5.41) is 2.90. The number of amides is 2. The molecule has 142 valence electrons. The highest BCUT2D eigenvalue weighted by Crippen LogP contribution is 2.32. The Balaban J connectivity index is 1.45. The second-order valence-electron chi connectivity index (χ2n) is 7.16. The molecule has 1 fully saturated rings. The predicted octanol–water partition coefficient (Wildman–Crippen LogP) is 1.59. The van der Waals surface area contributed by atoms with E-state index in [1.54, 1.807) is 6.07 Å². The van der Waals surface area contributed by atoms with Gasteiger partial charge in [0.1, 0.15) is 13.2 Å². The number of fused-ring (bicyclic) bond motifs is 1. The van der Waals surface area contributed by atoms with Crippen LogP contribution in [0.25, 0.3) is 0 Å². The molecule has 0 saturated carbocycles. The summed E-state index contributed by atoms with van der Waals surface area (Å²) in [7, 11) is 0. The van der Waals surface area contributed by atoms with Crippen LogP contribution in [0.5, 0.6) is 11.5 Å². The number of ether oxygens (including phenoxy) is 2. The topological polar surface area (TPSA) is 71.1 Å². The van der Waals surface area contributed by atoms with Crippen molar-refractivity contribution >= 4 is 17.5 Å². The third kappa shape index (κ3) is 4.88. The summed E-state index contributed by atoms with van der Waals surface area (Å²) < 4.78 is 11.0. The van der Waals surface area contributed by atoms with Gasteiger partial charge in [0.2, 0.25) is 11.8 Å². The molecular formula is C19H27N3O4. The zero-order valence-electron chi connectivity index (χ0n) is 15.5. The van der Waals surface area contributed by atoms with Gasteiger partial charge >= 0.3 is 0 Å². The molecule has 2 amide bonds. The molecule has 0 unspecified atom stereocenters. The molecule has 7 nitrogen and oxygen atoms in total. The number of benzene rings is 1. The highest BCUT2D eigenvalue weighted by molar-refractivity contribution is 5.92. The van der Waals surface area contributed by atoms with Gasteiger partial charge in [0.05, 0.1) is 6.54 Å². The number of hydrogen-bond acceptors (Lipinski definition) is 5. The lowest BCUT2D eigenvalue weighted by Crippen LogP contribution is -2.50. The van der Waals surface area contributed by atoms with Gasteiger partial charge in [-0.15, -0.1) is 0 Å². The quantitative estimate of drug-likeness (QED) is 0.862. The minimum Gasteiger partial charge on any atom is -0.486 e. The van der Waals surface area contributed by atoms with Gasteiger partial charge in [-0.2, -0.15) is 0 Å². The van der Waals surface area contributed by atoms with Crippen LogP contribution in [-0.2, 0) is 9.59 Å². The van der Waals surface area contributed by atoms with Crippen molar-refractivity contribution in [3.63, 3.8) is 0 Å². The van der Waals surface area contributed by atoms with Crippen molar-refractivity contribution in [3.05, 3.63) is 18.2 Å². The summed E-state index contributed by atoms with van der Waals surface area (Å²) in [6.45, 7) is 8.30. The number of carbonyl (C=O) groups excluding carboxylic acids is 2. The summed E-state index contributed by atoms with van der Waals surface area (Å²) in [6.07, 6.45) is 0.588. The number of nitrogens with zero attached hydrogens (tertiary/aromatic N) is 2. The molecule has 2 aliphatic heterocycles. The molecule has 1 aromatic rings. The molecule has 7 heteroatoms. The van der Waals surface area contributed by atoms with E-state index in [2.05, 4.69) is 24.1 Å². The van der Waals surface area contributed by atoms with Crippen LogP contribution in [0.4, 0.5) is 5.69 Å². The first-order valence-corrected chi connectivity index (χ1v) is 9.21. The Hall–Kier alpha value is -2.28. The maximum Gasteiger partial charge on any atom is 0.238 e. The fourth-order valence-corrected chi connectivity index (χ4v) is 3.16. The summed E-state index contributed by atoms with van der Waals surface area (Å²) >= 11 is 0. The van der Waals surface area contributed by atoms with Crippen LogP contribution in [0, 0.1) is 5.92 Å². The van der Waals surface area contributed by atoms with E-state index in [4.69, 9.17) is 9.47 Å².